The fourth-order valence-corrected chi connectivity index (χ4v) is 4.62. The largest absolute Gasteiger partial charge is 0.422 e. The number of fused-ring (bicyclic) bond motifs is 1. The number of likely N-dealkylation sites (N-methyl/N-ethyl adjacent to an activating group) is 1. The minimum Gasteiger partial charge on any atom is -0.422 e. The topological polar surface area (TPSA) is 87.2 Å². The van der Waals surface area contributed by atoms with E-state index in [4.69, 9.17) is 4.74 Å². The quantitative estimate of drug-likeness (QED) is 0.514. The number of rotatable bonds is 4. The van der Waals surface area contributed by atoms with Gasteiger partial charge in [-0.1, -0.05) is 24.3 Å². The Morgan fingerprint density at radius 2 is 1.91 bits per heavy atom. The summed E-state index contributed by atoms with van der Waals surface area (Å²) in [6, 6.07) is 10.3. The molecule has 0 N–H and O–H groups in total. The first kappa shape index (κ1) is 21.8. The smallest absolute Gasteiger partial charge is 0.344 e. The monoisotopic (exact) mass is 463 g/mol. The van der Waals surface area contributed by atoms with Crippen LogP contribution >= 0.6 is 0 Å². The number of ether oxygens (including phenoxy) is 1. The van der Waals surface area contributed by atoms with E-state index in [1.807, 2.05) is 0 Å². The van der Waals surface area contributed by atoms with Gasteiger partial charge in [0.15, 0.2) is 0 Å². The molecular weight excluding hydrogens is 441 g/mol. The summed E-state index contributed by atoms with van der Waals surface area (Å²) in [6.07, 6.45) is 2.03. The van der Waals surface area contributed by atoms with Crippen molar-refractivity contribution in [2.75, 3.05) is 26.2 Å². The number of benzene rings is 2. The molecular formula is C25H22FN3O5. The molecule has 4 amide bonds. The molecule has 34 heavy (non-hydrogen) atoms. The Morgan fingerprint density at radius 1 is 1.15 bits per heavy atom. The van der Waals surface area contributed by atoms with Gasteiger partial charge in [0.1, 0.15) is 18.1 Å². The Bertz CT molecular complexity index is 1260. The Labute approximate surface area is 195 Å². The zero-order valence-corrected chi connectivity index (χ0v) is 18.5. The molecule has 0 bridgehead atoms. The van der Waals surface area contributed by atoms with Crippen LogP contribution in [0, 0.1) is 5.82 Å². The van der Waals surface area contributed by atoms with Crippen molar-refractivity contribution in [3.63, 3.8) is 0 Å². The van der Waals surface area contributed by atoms with E-state index in [2.05, 4.69) is 0 Å². The first-order valence-electron chi connectivity index (χ1n) is 11.1. The summed E-state index contributed by atoms with van der Waals surface area (Å²) in [6.45, 7) is 2.74. The molecule has 5 rings (SSSR count). The fourth-order valence-electron chi connectivity index (χ4n) is 4.62. The minimum atomic E-state index is -0.676. The number of esters is 1. The van der Waals surface area contributed by atoms with Gasteiger partial charge in [-0.3, -0.25) is 14.5 Å². The molecule has 3 aliphatic rings. The summed E-state index contributed by atoms with van der Waals surface area (Å²) >= 11 is 0. The van der Waals surface area contributed by atoms with E-state index < -0.39 is 23.7 Å². The Hall–Kier alpha value is -4.01. The van der Waals surface area contributed by atoms with Crippen LogP contribution in [0.5, 0.6) is 0 Å². The lowest BCUT2D eigenvalue weighted by atomic mass is 10.0. The van der Waals surface area contributed by atoms with Crippen molar-refractivity contribution in [3.8, 4) is 0 Å². The first-order valence-corrected chi connectivity index (χ1v) is 11.1. The maximum absolute atomic E-state index is 14.6. The molecule has 0 radical (unpaired) electrons. The highest BCUT2D eigenvalue weighted by atomic mass is 19.1. The van der Waals surface area contributed by atoms with Gasteiger partial charge < -0.3 is 14.5 Å². The number of urea groups is 1. The SMILES string of the molecule is CCN1CC(=O)N(C2CCN(C(=O)c3cc(/C=C4\OC(=O)c5ccccc54)ccc3F)C2)C1=O. The number of amides is 4. The van der Waals surface area contributed by atoms with Crippen molar-refractivity contribution in [1.29, 1.82) is 0 Å². The third kappa shape index (κ3) is 3.63. The van der Waals surface area contributed by atoms with Gasteiger partial charge in [-0.2, -0.15) is 0 Å². The highest BCUT2D eigenvalue weighted by Crippen LogP contribution is 2.31. The number of carbonyl (C=O) groups excluding carboxylic acids is 4. The van der Waals surface area contributed by atoms with Crippen molar-refractivity contribution >= 4 is 35.6 Å². The molecule has 8 nitrogen and oxygen atoms in total. The molecule has 1 unspecified atom stereocenters. The van der Waals surface area contributed by atoms with E-state index in [-0.39, 0.29) is 30.6 Å². The van der Waals surface area contributed by atoms with Crippen LogP contribution in [0.3, 0.4) is 0 Å². The molecule has 3 heterocycles. The number of nitrogens with zero attached hydrogens (tertiary/aromatic N) is 3. The van der Waals surface area contributed by atoms with E-state index in [1.165, 1.54) is 32.9 Å². The van der Waals surface area contributed by atoms with Crippen LogP contribution in [-0.4, -0.2) is 70.7 Å². The lowest BCUT2D eigenvalue weighted by molar-refractivity contribution is -0.126. The van der Waals surface area contributed by atoms with E-state index in [9.17, 15) is 23.6 Å². The summed E-state index contributed by atoms with van der Waals surface area (Å²) in [5.41, 5.74) is 1.46. The van der Waals surface area contributed by atoms with Gasteiger partial charge in [0.25, 0.3) is 11.8 Å². The second kappa shape index (κ2) is 8.40. The predicted octanol–water partition coefficient (Wildman–Crippen LogP) is 2.99. The second-order valence-corrected chi connectivity index (χ2v) is 8.44. The molecule has 0 aromatic heterocycles. The number of cyclic esters (lactones) is 1. The standard InChI is InChI=1S/C25H22FN3O5/c1-2-27-14-22(30)29(25(27)33)16-9-10-28(13-16)23(31)19-11-15(7-8-20(19)26)12-21-17-5-3-4-6-18(17)24(32)34-21/h3-8,11-12,16H,2,9-10,13-14H2,1H3/b21-12-. The average molecular weight is 463 g/mol. The molecule has 174 valence electrons. The third-order valence-electron chi connectivity index (χ3n) is 6.40. The van der Waals surface area contributed by atoms with Gasteiger partial charge in [-0.05, 0) is 43.2 Å². The van der Waals surface area contributed by atoms with Crippen LogP contribution in [0.1, 0.15) is 45.2 Å². The van der Waals surface area contributed by atoms with E-state index >= 15 is 0 Å². The van der Waals surface area contributed by atoms with E-state index in [1.54, 1.807) is 37.3 Å². The summed E-state index contributed by atoms with van der Waals surface area (Å²) < 4.78 is 20.0. The third-order valence-corrected chi connectivity index (χ3v) is 6.40. The van der Waals surface area contributed by atoms with Crippen LogP contribution in [-0.2, 0) is 9.53 Å². The number of hydrogen-bond acceptors (Lipinski definition) is 5. The van der Waals surface area contributed by atoms with Crippen molar-refractivity contribution < 1.29 is 28.3 Å². The zero-order chi connectivity index (χ0) is 24.0. The normalized spacial score (nSPS) is 21.0. The van der Waals surface area contributed by atoms with Crippen molar-refractivity contribution in [1.82, 2.24) is 14.7 Å². The Morgan fingerprint density at radius 3 is 2.65 bits per heavy atom. The van der Waals surface area contributed by atoms with Crippen LogP contribution in [0.15, 0.2) is 42.5 Å². The highest BCUT2D eigenvalue weighted by Gasteiger charge is 2.43. The minimum absolute atomic E-state index is 0.0405. The van der Waals surface area contributed by atoms with Crippen LogP contribution in [0.4, 0.5) is 9.18 Å². The summed E-state index contributed by atoms with van der Waals surface area (Å²) in [5, 5.41) is 0. The van der Waals surface area contributed by atoms with Crippen molar-refractivity contribution in [3.05, 3.63) is 70.5 Å². The molecule has 0 spiro atoms. The zero-order valence-electron chi connectivity index (χ0n) is 18.5. The molecule has 0 aliphatic carbocycles. The fraction of sp³-hybridized carbons (Fsp3) is 0.280. The maximum atomic E-state index is 14.6. The summed E-state index contributed by atoms with van der Waals surface area (Å²) in [5.74, 6) is -1.60. The van der Waals surface area contributed by atoms with E-state index in [0.29, 0.717) is 42.0 Å². The van der Waals surface area contributed by atoms with Crippen LogP contribution < -0.4 is 0 Å². The molecule has 2 fully saturated rings. The van der Waals surface area contributed by atoms with Gasteiger partial charge in [0.05, 0.1) is 17.2 Å². The lowest BCUT2D eigenvalue weighted by Gasteiger charge is -2.23. The molecule has 1 atom stereocenters. The van der Waals surface area contributed by atoms with Gasteiger partial charge >= 0.3 is 12.0 Å². The molecule has 9 heteroatoms. The molecule has 3 aliphatic heterocycles. The number of halogens is 1. The molecule has 2 aromatic carbocycles. The second-order valence-electron chi connectivity index (χ2n) is 8.44. The van der Waals surface area contributed by atoms with Crippen molar-refractivity contribution in [2.45, 2.75) is 19.4 Å². The molecule has 0 saturated carbocycles. The van der Waals surface area contributed by atoms with Gasteiger partial charge in [-0.15, -0.1) is 0 Å². The maximum Gasteiger partial charge on any atom is 0.344 e. The Balaban J connectivity index is 1.36. The average Bonchev–Trinajstić information content (AvgIpc) is 3.51. The molecule has 2 aromatic rings. The van der Waals surface area contributed by atoms with E-state index in [0.717, 1.165) is 0 Å². The summed E-state index contributed by atoms with van der Waals surface area (Å²) in [4.78, 5) is 54.1. The summed E-state index contributed by atoms with van der Waals surface area (Å²) in [7, 11) is 0. The first-order chi connectivity index (χ1) is 16.4. The highest BCUT2D eigenvalue weighted by molar-refractivity contribution is 6.06. The van der Waals surface area contributed by atoms with Crippen molar-refractivity contribution in [2.24, 2.45) is 0 Å². The molecule has 2 saturated heterocycles. The number of hydrogen-bond donors (Lipinski definition) is 0. The number of likely N-dealkylation sites (tertiary alicyclic amines) is 1. The predicted molar refractivity (Wildman–Crippen MR) is 120 cm³/mol. The van der Waals surface area contributed by atoms with Gasteiger partial charge in [0.2, 0.25) is 0 Å². The number of imide groups is 1. The lowest BCUT2D eigenvalue weighted by Crippen LogP contribution is -2.43. The van der Waals surface area contributed by atoms with Gasteiger partial charge in [0, 0.05) is 25.2 Å². The van der Waals surface area contributed by atoms with Crippen LogP contribution in [0.25, 0.3) is 11.8 Å². The van der Waals surface area contributed by atoms with Crippen LogP contribution in [0.2, 0.25) is 0 Å². The van der Waals surface area contributed by atoms with Gasteiger partial charge in [-0.25, -0.2) is 14.0 Å². The Kier molecular flexibility index (Phi) is 5.39. The number of carbonyl (C=O) groups is 4.